The SMILES string of the molecule is CC(=O)/C=C/c1ccc(C(C)(C)C)s1. The van der Waals surface area contributed by atoms with Crippen LogP contribution in [0.4, 0.5) is 0 Å². The van der Waals surface area contributed by atoms with Crippen LogP contribution in [-0.2, 0) is 10.2 Å². The standard InChI is InChI=1S/C12H16OS/c1-9(13)5-6-10-7-8-11(14-10)12(2,3)4/h5-8H,1-4H3/b6-5+. The van der Waals surface area contributed by atoms with Crippen LogP contribution in [-0.4, -0.2) is 5.78 Å². The van der Waals surface area contributed by atoms with Crippen LogP contribution in [0.3, 0.4) is 0 Å². The Bertz CT molecular complexity index is 353. The predicted octanol–water partition coefficient (Wildman–Crippen LogP) is 3.65. The molecule has 0 fully saturated rings. The summed E-state index contributed by atoms with van der Waals surface area (Å²) in [5.41, 5.74) is 0.201. The van der Waals surface area contributed by atoms with Gasteiger partial charge in [0.05, 0.1) is 0 Å². The van der Waals surface area contributed by atoms with E-state index in [-0.39, 0.29) is 11.2 Å². The first-order valence-corrected chi connectivity index (χ1v) is 5.50. The number of carbonyl (C=O) groups excluding carboxylic acids is 1. The molecule has 0 radical (unpaired) electrons. The van der Waals surface area contributed by atoms with Crippen molar-refractivity contribution in [3.8, 4) is 0 Å². The minimum atomic E-state index is 0.0932. The third-order valence-corrected chi connectivity index (χ3v) is 3.32. The molecule has 0 N–H and O–H groups in total. The van der Waals surface area contributed by atoms with Crippen molar-refractivity contribution in [1.82, 2.24) is 0 Å². The highest BCUT2D eigenvalue weighted by molar-refractivity contribution is 7.13. The van der Waals surface area contributed by atoms with Gasteiger partial charge in [0.15, 0.2) is 5.78 Å². The van der Waals surface area contributed by atoms with Crippen LogP contribution in [0.5, 0.6) is 0 Å². The van der Waals surface area contributed by atoms with E-state index in [0.717, 1.165) is 4.88 Å². The number of rotatable bonds is 2. The summed E-state index contributed by atoms with van der Waals surface area (Å²) in [4.78, 5) is 13.2. The van der Waals surface area contributed by atoms with Crippen LogP contribution in [0.15, 0.2) is 18.2 Å². The van der Waals surface area contributed by atoms with E-state index in [1.54, 1.807) is 24.3 Å². The van der Waals surface area contributed by atoms with Gasteiger partial charge >= 0.3 is 0 Å². The third-order valence-electron chi connectivity index (χ3n) is 1.85. The molecular weight excluding hydrogens is 192 g/mol. The van der Waals surface area contributed by atoms with Gasteiger partial charge in [0.25, 0.3) is 0 Å². The van der Waals surface area contributed by atoms with E-state index in [9.17, 15) is 4.79 Å². The van der Waals surface area contributed by atoms with Gasteiger partial charge in [-0.05, 0) is 36.6 Å². The number of ketones is 1. The molecule has 0 aliphatic heterocycles. The molecule has 0 aliphatic rings. The molecule has 0 atom stereocenters. The molecule has 0 unspecified atom stereocenters. The molecule has 0 bridgehead atoms. The average molecular weight is 208 g/mol. The zero-order valence-electron chi connectivity index (χ0n) is 9.13. The zero-order chi connectivity index (χ0) is 10.8. The Kier molecular flexibility index (Phi) is 3.27. The molecule has 0 saturated carbocycles. The number of carbonyl (C=O) groups is 1. The maximum Gasteiger partial charge on any atom is 0.152 e. The van der Waals surface area contributed by atoms with Crippen LogP contribution in [0.1, 0.15) is 37.4 Å². The Labute approximate surface area is 89.5 Å². The largest absolute Gasteiger partial charge is 0.295 e. The average Bonchev–Trinajstić information content (AvgIpc) is 2.47. The molecular formula is C12H16OS. The van der Waals surface area contributed by atoms with Crippen LogP contribution in [0.25, 0.3) is 6.08 Å². The van der Waals surface area contributed by atoms with E-state index in [1.807, 2.05) is 6.08 Å². The van der Waals surface area contributed by atoms with E-state index in [1.165, 1.54) is 4.88 Å². The normalized spacial score (nSPS) is 12.3. The van der Waals surface area contributed by atoms with Crippen molar-refractivity contribution in [1.29, 1.82) is 0 Å². The summed E-state index contributed by atoms with van der Waals surface area (Å²) in [6, 6.07) is 4.19. The van der Waals surface area contributed by atoms with Gasteiger partial charge in [-0.15, -0.1) is 11.3 Å². The second-order valence-electron chi connectivity index (χ2n) is 4.40. The van der Waals surface area contributed by atoms with Crippen molar-refractivity contribution >= 4 is 23.2 Å². The molecule has 0 aromatic carbocycles. The number of thiophene rings is 1. The van der Waals surface area contributed by atoms with E-state index in [0.29, 0.717) is 0 Å². The summed E-state index contributed by atoms with van der Waals surface area (Å²) in [5, 5.41) is 0. The smallest absolute Gasteiger partial charge is 0.152 e. The number of allylic oxidation sites excluding steroid dienone is 1. The molecule has 1 rings (SSSR count). The van der Waals surface area contributed by atoms with E-state index >= 15 is 0 Å². The second-order valence-corrected chi connectivity index (χ2v) is 5.51. The second kappa shape index (κ2) is 4.09. The first kappa shape index (κ1) is 11.2. The molecule has 14 heavy (non-hydrogen) atoms. The fourth-order valence-electron chi connectivity index (χ4n) is 1.04. The lowest BCUT2D eigenvalue weighted by Crippen LogP contribution is -2.07. The molecule has 0 aliphatic carbocycles. The Morgan fingerprint density at radius 3 is 2.43 bits per heavy atom. The zero-order valence-corrected chi connectivity index (χ0v) is 9.94. The van der Waals surface area contributed by atoms with Gasteiger partial charge in [0.1, 0.15) is 0 Å². The summed E-state index contributed by atoms with van der Waals surface area (Å²) in [7, 11) is 0. The van der Waals surface area contributed by atoms with Gasteiger partial charge in [-0.25, -0.2) is 0 Å². The van der Waals surface area contributed by atoms with Crippen molar-refractivity contribution in [2.75, 3.05) is 0 Å². The monoisotopic (exact) mass is 208 g/mol. The Morgan fingerprint density at radius 2 is 2.00 bits per heavy atom. The number of hydrogen-bond donors (Lipinski definition) is 0. The summed E-state index contributed by atoms with van der Waals surface area (Å²) >= 11 is 1.74. The lowest BCUT2D eigenvalue weighted by Gasteiger charge is -2.15. The van der Waals surface area contributed by atoms with Crippen molar-refractivity contribution < 1.29 is 4.79 Å². The molecule has 0 saturated heterocycles. The maximum atomic E-state index is 10.7. The fourth-order valence-corrected chi connectivity index (χ4v) is 2.01. The van der Waals surface area contributed by atoms with Crippen molar-refractivity contribution in [3.63, 3.8) is 0 Å². The fraction of sp³-hybridized carbons (Fsp3) is 0.417. The summed E-state index contributed by atoms with van der Waals surface area (Å²) in [5.74, 6) is 0.0932. The molecule has 1 aromatic heterocycles. The maximum absolute atomic E-state index is 10.7. The minimum absolute atomic E-state index is 0.0932. The molecule has 1 heterocycles. The summed E-state index contributed by atoms with van der Waals surface area (Å²) in [6.45, 7) is 8.14. The molecule has 1 aromatic rings. The highest BCUT2D eigenvalue weighted by atomic mass is 32.1. The highest BCUT2D eigenvalue weighted by Gasteiger charge is 2.15. The van der Waals surface area contributed by atoms with E-state index in [4.69, 9.17) is 0 Å². The molecule has 76 valence electrons. The first-order valence-electron chi connectivity index (χ1n) is 4.68. The van der Waals surface area contributed by atoms with Crippen LogP contribution in [0.2, 0.25) is 0 Å². The van der Waals surface area contributed by atoms with E-state index in [2.05, 4.69) is 32.9 Å². The van der Waals surface area contributed by atoms with E-state index < -0.39 is 0 Å². The topological polar surface area (TPSA) is 17.1 Å². The van der Waals surface area contributed by atoms with Gasteiger partial charge < -0.3 is 0 Å². The van der Waals surface area contributed by atoms with Gasteiger partial charge in [-0.3, -0.25) is 4.79 Å². The molecule has 1 nitrogen and oxygen atoms in total. The quantitative estimate of drug-likeness (QED) is 0.678. The predicted molar refractivity (Wildman–Crippen MR) is 62.7 cm³/mol. The van der Waals surface area contributed by atoms with Crippen LogP contribution in [0, 0.1) is 0 Å². The Hall–Kier alpha value is -0.890. The first-order chi connectivity index (χ1) is 6.39. The van der Waals surface area contributed by atoms with Gasteiger partial charge in [-0.2, -0.15) is 0 Å². The van der Waals surface area contributed by atoms with Gasteiger partial charge in [-0.1, -0.05) is 20.8 Å². The molecule has 2 heteroatoms. The Morgan fingerprint density at radius 1 is 1.36 bits per heavy atom. The van der Waals surface area contributed by atoms with Crippen molar-refractivity contribution in [2.24, 2.45) is 0 Å². The molecule has 0 amide bonds. The van der Waals surface area contributed by atoms with Crippen LogP contribution >= 0.6 is 11.3 Å². The van der Waals surface area contributed by atoms with Crippen LogP contribution < -0.4 is 0 Å². The minimum Gasteiger partial charge on any atom is -0.295 e. The Balaban J connectivity index is 2.84. The lowest BCUT2D eigenvalue weighted by molar-refractivity contribution is -0.112. The van der Waals surface area contributed by atoms with Crippen molar-refractivity contribution in [2.45, 2.75) is 33.1 Å². The van der Waals surface area contributed by atoms with Gasteiger partial charge in [0, 0.05) is 9.75 Å². The summed E-state index contributed by atoms with van der Waals surface area (Å²) < 4.78 is 0. The third kappa shape index (κ3) is 3.11. The highest BCUT2D eigenvalue weighted by Crippen LogP contribution is 2.29. The van der Waals surface area contributed by atoms with Gasteiger partial charge in [0.2, 0.25) is 0 Å². The molecule has 0 spiro atoms. The lowest BCUT2D eigenvalue weighted by atomic mass is 9.95. The van der Waals surface area contributed by atoms with Crippen molar-refractivity contribution in [3.05, 3.63) is 28.0 Å². The summed E-state index contributed by atoms with van der Waals surface area (Å²) in [6.07, 6.45) is 3.49. The number of hydrogen-bond acceptors (Lipinski definition) is 2.